The molecular formula is C14H20N2. The highest BCUT2D eigenvalue weighted by Gasteiger charge is 2.06. The summed E-state index contributed by atoms with van der Waals surface area (Å²) in [6, 6.07) is 8.97. The number of nitrogens with zero attached hydrogens (tertiary/aromatic N) is 1. The van der Waals surface area contributed by atoms with Crippen molar-refractivity contribution in [2.24, 2.45) is 0 Å². The van der Waals surface area contributed by atoms with Crippen molar-refractivity contribution in [1.29, 1.82) is 0 Å². The molecule has 1 aromatic heterocycles. The molecule has 1 heterocycles. The molecule has 0 aliphatic rings. The van der Waals surface area contributed by atoms with Crippen molar-refractivity contribution < 1.29 is 0 Å². The topological polar surface area (TPSA) is 17.0 Å². The Balaban J connectivity index is 2.48. The highest BCUT2D eigenvalue weighted by molar-refractivity contribution is 5.82. The minimum Gasteiger partial charge on any atom is -0.344 e. The van der Waals surface area contributed by atoms with Crippen molar-refractivity contribution in [3.63, 3.8) is 0 Å². The van der Waals surface area contributed by atoms with Gasteiger partial charge in [0.1, 0.15) is 0 Å². The maximum atomic E-state index is 3.39. The Labute approximate surface area is 97.3 Å². The minimum absolute atomic E-state index is 0.956. The van der Waals surface area contributed by atoms with Crippen molar-refractivity contribution in [2.45, 2.75) is 33.9 Å². The Morgan fingerprint density at radius 1 is 1.19 bits per heavy atom. The van der Waals surface area contributed by atoms with Crippen molar-refractivity contribution >= 4 is 10.9 Å². The number of rotatable bonds is 4. The molecule has 0 atom stereocenters. The van der Waals surface area contributed by atoms with Crippen LogP contribution in [0.5, 0.6) is 0 Å². The summed E-state index contributed by atoms with van der Waals surface area (Å²) in [7, 11) is 0. The Morgan fingerprint density at radius 3 is 2.69 bits per heavy atom. The van der Waals surface area contributed by atoms with Crippen LogP contribution in [-0.2, 0) is 13.1 Å². The predicted octanol–water partition coefficient (Wildman–Crippen LogP) is 3.08. The second-order valence-corrected chi connectivity index (χ2v) is 4.22. The molecule has 0 unspecified atom stereocenters. The molecule has 1 N–H and O–H groups in total. The van der Waals surface area contributed by atoms with E-state index in [0.717, 1.165) is 19.6 Å². The Bertz CT molecular complexity index is 483. The molecule has 2 rings (SSSR count). The van der Waals surface area contributed by atoms with Gasteiger partial charge < -0.3 is 9.88 Å². The van der Waals surface area contributed by atoms with E-state index in [4.69, 9.17) is 0 Å². The van der Waals surface area contributed by atoms with Crippen LogP contribution in [0.15, 0.2) is 24.3 Å². The van der Waals surface area contributed by atoms with Crippen molar-refractivity contribution in [3.8, 4) is 0 Å². The van der Waals surface area contributed by atoms with Crippen LogP contribution in [0.3, 0.4) is 0 Å². The van der Waals surface area contributed by atoms with Crippen LogP contribution in [-0.4, -0.2) is 11.1 Å². The fourth-order valence-electron chi connectivity index (χ4n) is 2.22. The van der Waals surface area contributed by atoms with Gasteiger partial charge >= 0.3 is 0 Å². The predicted molar refractivity (Wildman–Crippen MR) is 69.7 cm³/mol. The molecule has 16 heavy (non-hydrogen) atoms. The van der Waals surface area contributed by atoms with E-state index in [-0.39, 0.29) is 0 Å². The van der Waals surface area contributed by atoms with E-state index >= 15 is 0 Å². The molecule has 0 saturated heterocycles. The standard InChI is InChI=1S/C14H20N2/c1-4-15-10-13-9-12-8-11(3)6-7-14(12)16(13)5-2/h6-9,15H,4-5,10H2,1-3H3. The van der Waals surface area contributed by atoms with Crippen molar-refractivity contribution in [2.75, 3.05) is 6.54 Å². The third kappa shape index (κ3) is 1.98. The van der Waals surface area contributed by atoms with Crippen LogP contribution in [0, 0.1) is 6.92 Å². The quantitative estimate of drug-likeness (QED) is 0.831. The van der Waals surface area contributed by atoms with E-state index in [1.165, 1.54) is 22.2 Å². The smallest absolute Gasteiger partial charge is 0.0483 e. The molecule has 0 amide bonds. The summed E-state index contributed by atoms with van der Waals surface area (Å²) in [4.78, 5) is 0. The van der Waals surface area contributed by atoms with Gasteiger partial charge in [-0.05, 0) is 38.6 Å². The molecule has 0 aliphatic carbocycles. The van der Waals surface area contributed by atoms with Gasteiger partial charge in [0.2, 0.25) is 0 Å². The number of hydrogen-bond donors (Lipinski definition) is 1. The second-order valence-electron chi connectivity index (χ2n) is 4.22. The summed E-state index contributed by atoms with van der Waals surface area (Å²) >= 11 is 0. The largest absolute Gasteiger partial charge is 0.344 e. The third-order valence-corrected chi connectivity index (χ3v) is 3.01. The maximum absolute atomic E-state index is 3.39. The Hall–Kier alpha value is -1.28. The fraction of sp³-hybridized carbons (Fsp3) is 0.429. The van der Waals surface area contributed by atoms with E-state index in [9.17, 15) is 0 Å². The van der Waals surface area contributed by atoms with Crippen LogP contribution < -0.4 is 5.32 Å². The van der Waals surface area contributed by atoms with Crippen LogP contribution in [0.4, 0.5) is 0 Å². The first kappa shape index (κ1) is 11.2. The van der Waals surface area contributed by atoms with Gasteiger partial charge in [0.05, 0.1) is 0 Å². The first-order chi connectivity index (χ1) is 7.76. The molecule has 0 bridgehead atoms. The van der Waals surface area contributed by atoms with Gasteiger partial charge in [0, 0.05) is 29.7 Å². The summed E-state index contributed by atoms with van der Waals surface area (Å²) < 4.78 is 2.39. The lowest BCUT2D eigenvalue weighted by Gasteiger charge is -2.08. The molecule has 0 saturated carbocycles. The molecule has 1 aromatic carbocycles. The molecule has 0 fully saturated rings. The number of hydrogen-bond acceptors (Lipinski definition) is 1. The molecule has 0 radical (unpaired) electrons. The number of aryl methyl sites for hydroxylation is 2. The van der Waals surface area contributed by atoms with Gasteiger partial charge in [-0.1, -0.05) is 18.6 Å². The van der Waals surface area contributed by atoms with Crippen molar-refractivity contribution in [3.05, 3.63) is 35.5 Å². The molecule has 2 aromatic rings. The molecule has 0 aliphatic heterocycles. The summed E-state index contributed by atoms with van der Waals surface area (Å²) in [5.41, 5.74) is 4.06. The normalized spacial score (nSPS) is 11.2. The molecule has 2 nitrogen and oxygen atoms in total. The van der Waals surface area contributed by atoms with Crippen LogP contribution in [0.2, 0.25) is 0 Å². The fourth-order valence-corrected chi connectivity index (χ4v) is 2.22. The number of fused-ring (bicyclic) bond motifs is 1. The lowest BCUT2D eigenvalue weighted by molar-refractivity contribution is 0.656. The van der Waals surface area contributed by atoms with Gasteiger partial charge in [-0.3, -0.25) is 0 Å². The monoisotopic (exact) mass is 216 g/mol. The van der Waals surface area contributed by atoms with Gasteiger partial charge in [0.15, 0.2) is 0 Å². The summed E-state index contributed by atoms with van der Waals surface area (Å²) in [6.45, 7) is 9.50. The zero-order chi connectivity index (χ0) is 11.5. The van der Waals surface area contributed by atoms with Crippen LogP contribution in [0.25, 0.3) is 10.9 Å². The third-order valence-electron chi connectivity index (χ3n) is 3.01. The van der Waals surface area contributed by atoms with E-state index in [1.54, 1.807) is 0 Å². The molecular weight excluding hydrogens is 196 g/mol. The van der Waals surface area contributed by atoms with Gasteiger partial charge in [-0.2, -0.15) is 0 Å². The zero-order valence-electron chi connectivity index (χ0n) is 10.4. The van der Waals surface area contributed by atoms with E-state index in [0.29, 0.717) is 0 Å². The minimum atomic E-state index is 0.956. The summed E-state index contributed by atoms with van der Waals surface area (Å²) in [5.74, 6) is 0. The zero-order valence-corrected chi connectivity index (χ0v) is 10.4. The second kappa shape index (κ2) is 4.71. The first-order valence-corrected chi connectivity index (χ1v) is 6.05. The number of aromatic nitrogens is 1. The van der Waals surface area contributed by atoms with E-state index < -0.39 is 0 Å². The summed E-state index contributed by atoms with van der Waals surface area (Å²) in [6.07, 6.45) is 0. The van der Waals surface area contributed by atoms with Gasteiger partial charge in [-0.25, -0.2) is 0 Å². The highest BCUT2D eigenvalue weighted by Crippen LogP contribution is 2.21. The molecule has 86 valence electrons. The summed E-state index contributed by atoms with van der Waals surface area (Å²) in [5, 5.41) is 4.75. The lowest BCUT2D eigenvalue weighted by atomic mass is 10.2. The average Bonchev–Trinajstić information content (AvgIpc) is 2.62. The van der Waals surface area contributed by atoms with E-state index in [1.807, 2.05) is 0 Å². The number of nitrogens with one attached hydrogen (secondary N) is 1. The highest BCUT2D eigenvalue weighted by atomic mass is 15.0. The van der Waals surface area contributed by atoms with Gasteiger partial charge in [0.25, 0.3) is 0 Å². The molecule has 2 heteroatoms. The van der Waals surface area contributed by atoms with Crippen molar-refractivity contribution in [1.82, 2.24) is 9.88 Å². The first-order valence-electron chi connectivity index (χ1n) is 6.05. The number of benzene rings is 1. The Morgan fingerprint density at radius 2 is 2.00 bits per heavy atom. The van der Waals surface area contributed by atoms with Crippen LogP contribution in [0.1, 0.15) is 25.1 Å². The maximum Gasteiger partial charge on any atom is 0.0483 e. The molecule has 0 spiro atoms. The van der Waals surface area contributed by atoms with Crippen LogP contribution >= 0.6 is 0 Å². The SMILES string of the molecule is CCNCc1cc2cc(C)ccc2n1CC. The Kier molecular flexibility index (Phi) is 3.30. The van der Waals surface area contributed by atoms with Gasteiger partial charge in [-0.15, -0.1) is 0 Å². The van der Waals surface area contributed by atoms with E-state index in [2.05, 4.69) is 54.9 Å². The average molecular weight is 216 g/mol. The lowest BCUT2D eigenvalue weighted by Crippen LogP contribution is -2.14.